The fourth-order valence-electron chi connectivity index (χ4n) is 2.94. The number of fused-ring (bicyclic) bond motifs is 1. The van der Waals surface area contributed by atoms with Gasteiger partial charge < -0.3 is 5.32 Å². The molecule has 3 heteroatoms. The third-order valence-electron chi connectivity index (χ3n) is 4.18. The van der Waals surface area contributed by atoms with E-state index in [-0.39, 0.29) is 0 Å². The van der Waals surface area contributed by atoms with E-state index in [9.17, 15) is 0 Å². The molecule has 0 saturated heterocycles. The monoisotopic (exact) mass is 287 g/mol. The predicted octanol–water partition coefficient (Wildman–Crippen LogP) is 4.16. The fraction of sp³-hybridized carbons (Fsp3) is 0.611. The van der Waals surface area contributed by atoms with Crippen molar-refractivity contribution in [2.75, 3.05) is 6.54 Å². The van der Waals surface area contributed by atoms with Crippen LogP contribution in [0.25, 0.3) is 10.9 Å². The van der Waals surface area contributed by atoms with E-state index >= 15 is 0 Å². The number of hydrogen-bond acceptors (Lipinski definition) is 2. The Morgan fingerprint density at radius 1 is 1.19 bits per heavy atom. The van der Waals surface area contributed by atoms with Gasteiger partial charge in [0.1, 0.15) is 0 Å². The molecule has 2 aromatic rings. The van der Waals surface area contributed by atoms with Crippen molar-refractivity contribution in [3.05, 3.63) is 30.0 Å². The molecule has 0 fully saturated rings. The molecule has 1 N–H and O–H groups in total. The first-order valence-corrected chi connectivity index (χ1v) is 8.47. The van der Waals surface area contributed by atoms with E-state index in [4.69, 9.17) is 5.10 Å². The van der Waals surface area contributed by atoms with Crippen LogP contribution in [-0.2, 0) is 13.0 Å². The Hall–Kier alpha value is -1.35. The van der Waals surface area contributed by atoms with E-state index in [0.717, 1.165) is 19.5 Å². The first kappa shape index (κ1) is 16.0. The second kappa shape index (κ2) is 8.18. The zero-order chi connectivity index (χ0) is 15.1. The summed E-state index contributed by atoms with van der Waals surface area (Å²) in [6.07, 6.45) is 5.95. The maximum absolute atomic E-state index is 4.79. The van der Waals surface area contributed by atoms with Crippen molar-refractivity contribution >= 4 is 10.9 Å². The van der Waals surface area contributed by atoms with Gasteiger partial charge >= 0.3 is 0 Å². The molecule has 0 saturated carbocycles. The molecule has 1 atom stereocenters. The fourth-order valence-corrected chi connectivity index (χ4v) is 2.94. The highest BCUT2D eigenvalue weighted by atomic mass is 15.3. The van der Waals surface area contributed by atoms with Crippen LogP contribution in [0.2, 0.25) is 0 Å². The van der Waals surface area contributed by atoms with Crippen LogP contribution >= 0.6 is 0 Å². The molecule has 1 aromatic carbocycles. The van der Waals surface area contributed by atoms with Gasteiger partial charge in [-0.15, -0.1) is 0 Å². The molecule has 1 aromatic heterocycles. The summed E-state index contributed by atoms with van der Waals surface area (Å²) in [6, 6.07) is 9.25. The van der Waals surface area contributed by atoms with E-state index < -0.39 is 0 Å². The molecule has 0 aliphatic carbocycles. The molecular weight excluding hydrogens is 258 g/mol. The van der Waals surface area contributed by atoms with Crippen LogP contribution in [0.3, 0.4) is 0 Å². The minimum absolute atomic E-state index is 0.657. The van der Waals surface area contributed by atoms with Crippen molar-refractivity contribution in [3.63, 3.8) is 0 Å². The number of rotatable bonds is 9. The zero-order valence-corrected chi connectivity index (χ0v) is 13.7. The highest BCUT2D eigenvalue weighted by Crippen LogP contribution is 2.20. The maximum Gasteiger partial charge on any atom is 0.0703 e. The lowest BCUT2D eigenvalue weighted by atomic mass is 10.0. The van der Waals surface area contributed by atoms with E-state index in [0.29, 0.717) is 6.04 Å². The lowest BCUT2D eigenvalue weighted by Gasteiger charge is -2.15. The maximum atomic E-state index is 4.79. The van der Waals surface area contributed by atoms with Gasteiger partial charge in [0, 0.05) is 18.0 Å². The summed E-state index contributed by atoms with van der Waals surface area (Å²) >= 11 is 0. The number of benzene rings is 1. The highest BCUT2D eigenvalue weighted by Gasteiger charge is 2.10. The van der Waals surface area contributed by atoms with E-state index in [1.165, 1.54) is 42.3 Å². The van der Waals surface area contributed by atoms with Crippen LogP contribution in [0, 0.1) is 0 Å². The number of nitrogens with zero attached hydrogens (tertiary/aromatic N) is 2. The van der Waals surface area contributed by atoms with Crippen molar-refractivity contribution in [2.24, 2.45) is 0 Å². The Balaban J connectivity index is 1.97. The molecule has 1 heterocycles. The largest absolute Gasteiger partial charge is 0.314 e. The Labute approximate surface area is 128 Å². The smallest absolute Gasteiger partial charge is 0.0703 e. The molecule has 0 spiro atoms. The topological polar surface area (TPSA) is 29.9 Å². The number of nitrogens with one attached hydrogen (secondary N) is 1. The van der Waals surface area contributed by atoms with Crippen molar-refractivity contribution in [1.82, 2.24) is 15.1 Å². The Morgan fingerprint density at radius 2 is 2.00 bits per heavy atom. The van der Waals surface area contributed by atoms with Gasteiger partial charge in [-0.2, -0.15) is 5.10 Å². The number of hydrogen-bond donors (Lipinski definition) is 1. The molecule has 21 heavy (non-hydrogen) atoms. The molecule has 0 amide bonds. The number of para-hydroxylation sites is 1. The lowest BCUT2D eigenvalue weighted by molar-refractivity contribution is 0.454. The Morgan fingerprint density at radius 3 is 2.71 bits per heavy atom. The third kappa shape index (κ3) is 4.07. The first-order valence-electron chi connectivity index (χ1n) is 8.47. The molecule has 0 bridgehead atoms. The number of aromatic nitrogens is 2. The lowest BCUT2D eigenvalue weighted by Crippen LogP contribution is -2.29. The van der Waals surface area contributed by atoms with Crippen LogP contribution in [-0.4, -0.2) is 22.4 Å². The van der Waals surface area contributed by atoms with Crippen molar-refractivity contribution in [3.8, 4) is 0 Å². The van der Waals surface area contributed by atoms with Crippen LogP contribution in [0.5, 0.6) is 0 Å². The van der Waals surface area contributed by atoms with Gasteiger partial charge in [0.25, 0.3) is 0 Å². The van der Waals surface area contributed by atoms with Crippen LogP contribution in [0.1, 0.15) is 52.1 Å². The van der Waals surface area contributed by atoms with Crippen molar-refractivity contribution < 1.29 is 0 Å². The summed E-state index contributed by atoms with van der Waals surface area (Å²) < 4.78 is 2.12. The van der Waals surface area contributed by atoms with Crippen molar-refractivity contribution in [1.29, 1.82) is 0 Å². The molecule has 116 valence electrons. The third-order valence-corrected chi connectivity index (χ3v) is 4.18. The summed E-state index contributed by atoms with van der Waals surface area (Å²) in [5.74, 6) is 0. The SMILES string of the molecule is CCCNC(CC)CCCc1nn(CC)c2ccccc12. The van der Waals surface area contributed by atoms with E-state index in [1.807, 2.05) is 0 Å². The van der Waals surface area contributed by atoms with Gasteiger partial charge in [-0.05, 0) is 51.6 Å². The zero-order valence-electron chi connectivity index (χ0n) is 13.7. The van der Waals surface area contributed by atoms with Crippen LogP contribution < -0.4 is 5.32 Å². The second-order valence-corrected chi connectivity index (χ2v) is 5.73. The highest BCUT2D eigenvalue weighted by molar-refractivity contribution is 5.81. The quantitative estimate of drug-likeness (QED) is 0.750. The van der Waals surface area contributed by atoms with Crippen LogP contribution in [0.15, 0.2) is 24.3 Å². The van der Waals surface area contributed by atoms with Gasteiger partial charge in [0.05, 0.1) is 11.2 Å². The van der Waals surface area contributed by atoms with Gasteiger partial charge in [0.2, 0.25) is 0 Å². The van der Waals surface area contributed by atoms with Gasteiger partial charge in [-0.3, -0.25) is 4.68 Å². The Kier molecular flexibility index (Phi) is 6.24. The molecule has 1 unspecified atom stereocenters. The second-order valence-electron chi connectivity index (χ2n) is 5.73. The van der Waals surface area contributed by atoms with Gasteiger partial charge in [-0.1, -0.05) is 32.0 Å². The normalized spacial score (nSPS) is 12.9. The van der Waals surface area contributed by atoms with Crippen molar-refractivity contribution in [2.45, 2.75) is 65.5 Å². The summed E-state index contributed by atoms with van der Waals surface area (Å²) in [5, 5.41) is 9.75. The molecular formula is C18H29N3. The van der Waals surface area contributed by atoms with Gasteiger partial charge in [-0.25, -0.2) is 0 Å². The summed E-state index contributed by atoms with van der Waals surface area (Å²) in [4.78, 5) is 0. The standard InChI is InChI=1S/C18H29N3/c1-4-14-19-15(5-2)10-9-12-17-16-11-7-8-13-18(16)21(6-3)20-17/h7-8,11,13,15,19H,4-6,9-10,12,14H2,1-3H3. The first-order chi connectivity index (χ1) is 10.3. The van der Waals surface area contributed by atoms with Crippen LogP contribution in [0.4, 0.5) is 0 Å². The minimum atomic E-state index is 0.657. The average molecular weight is 287 g/mol. The average Bonchev–Trinajstić information content (AvgIpc) is 2.89. The summed E-state index contributed by atoms with van der Waals surface area (Å²) in [6.45, 7) is 8.73. The molecule has 0 radical (unpaired) electrons. The Bertz CT molecular complexity index is 544. The van der Waals surface area contributed by atoms with Gasteiger partial charge in [0.15, 0.2) is 0 Å². The van der Waals surface area contributed by atoms with E-state index in [1.54, 1.807) is 0 Å². The predicted molar refractivity (Wildman–Crippen MR) is 90.7 cm³/mol. The molecule has 3 nitrogen and oxygen atoms in total. The number of aryl methyl sites for hydroxylation is 2. The summed E-state index contributed by atoms with van der Waals surface area (Å²) in [7, 11) is 0. The minimum Gasteiger partial charge on any atom is -0.314 e. The summed E-state index contributed by atoms with van der Waals surface area (Å²) in [5.41, 5.74) is 2.53. The molecule has 2 rings (SSSR count). The van der Waals surface area contributed by atoms with E-state index in [2.05, 4.69) is 55.0 Å². The molecule has 0 aliphatic heterocycles. The molecule has 0 aliphatic rings.